The zero-order valence-corrected chi connectivity index (χ0v) is 13.5. The molecule has 5 nitrogen and oxygen atoms in total. The number of nitrogen functional groups attached to an aromatic ring is 1. The highest BCUT2D eigenvalue weighted by Gasteiger charge is 2.20. The fraction of sp³-hybridized carbons (Fsp3) is 0.316. The lowest BCUT2D eigenvalue weighted by molar-refractivity contribution is 0.0962. The van der Waals surface area contributed by atoms with Crippen LogP contribution in [0.1, 0.15) is 27.9 Å². The molecule has 2 N–H and O–H groups in total. The van der Waals surface area contributed by atoms with Crippen molar-refractivity contribution >= 4 is 11.5 Å². The number of nitrogens with zero attached hydrogens (tertiary/aromatic N) is 1. The molecule has 0 unspecified atom stereocenters. The van der Waals surface area contributed by atoms with E-state index in [4.69, 9.17) is 15.2 Å². The SMILES string of the molecule is Nc1ccc2c(c1)CN(CCC(=O)c1ccc3c(c1)OCCO3)C2. The molecule has 2 heterocycles. The van der Waals surface area contributed by atoms with Crippen LogP contribution in [0.25, 0.3) is 0 Å². The minimum Gasteiger partial charge on any atom is -0.486 e. The minimum absolute atomic E-state index is 0.127. The van der Waals surface area contributed by atoms with Gasteiger partial charge in [-0.1, -0.05) is 6.07 Å². The maximum absolute atomic E-state index is 12.5. The molecule has 0 aliphatic carbocycles. The number of hydrogen-bond acceptors (Lipinski definition) is 5. The lowest BCUT2D eigenvalue weighted by atomic mass is 10.1. The van der Waals surface area contributed by atoms with Crippen LogP contribution in [0, 0.1) is 0 Å². The molecule has 4 rings (SSSR count). The molecular formula is C19H20N2O3. The summed E-state index contributed by atoms with van der Waals surface area (Å²) >= 11 is 0. The van der Waals surface area contributed by atoms with Crippen LogP contribution in [-0.2, 0) is 13.1 Å². The van der Waals surface area contributed by atoms with E-state index in [0.29, 0.717) is 36.7 Å². The van der Waals surface area contributed by atoms with E-state index in [2.05, 4.69) is 11.0 Å². The predicted molar refractivity (Wildman–Crippen MR) is 91.3 cm³/mol. The molecule has 0 radical (unpaired) electrons. The number of benzene rings is 2. The third-order valence-electron chi connectivity index (χ3n) is 4.54. The number of carbonyl (C=O) groups excluding carboxylic acids is 1. The Bertz CT molecular complexity index is 788. The fourth-order valence-electron chi connectivity index (χ4n) is 3.26. The molecule has 0 fully saturated rings. The van der Waals surface area contributed by atoms with E-state index in [1.807, 2.05) is 24.3 Å². The van der Waals surface area contributed by atoms with Gasteiger partial charge in [0.1, 0.15) is 13.2 Å². The first-order chi connectivity index (χ1) is 11.7. The van der Waals surface area contributed by atoms with Gasteiger partial charge in [0.05, 0.1) is 0 Å². The Hall–Kier alpha value is -2.53. The average molecular weight is 324 g/mol. The topological polar surface area (TPSA) is 64.8 Å². The van der Waals surface area contributed by atoms with Crippen LogP contribution in [0.2, 0.25) is 0 Å². The number of ether oxygens (including phenoxy) is 2. The van der Waals surface area contributed by atoms with Crippen molar-refractivity contribution in [3.63, 3.8) is 0 Å². The van der Waals surface area contributed by atoms with E-state index >= 15 is 0 Å². The smallest absolute Gasteiger partial charge is 0.164 e. The van der Waals surface area contributed by atoms with Gasteiger partial charge in [-0.25, -0.2) is 0 Å². The second-order valence-corrected chi connectivity index (χ2v) is 6.27. The van der Waals surface area contributed by atoms with Crippen molar-refractivity contribution in [1.29, 1.82) is 0 Å². The van der Waals surface area contributed by atoms with E-state index in [1.165, 1.54) is 11.1 Å². The van der Waals surface area contributed by atoms with Gasteiger partial charge in [-0.2, -0.15) is 0 Å². The standard InChI is InChI=1S/C19H20N2O3/c20-16-3-1-14-11-21(12-15(14)9-16)6-5-17(22)13-2-4-18-19(10-13)24-8-7-23-18/h1-4,9-10H,5-8,11-12,20H2. The summed E-state index contributed by atoms with van der Waals surface area (Å²) in [5.74, 6) is 1.50. The second kappa shape index (κ2) is 6.17. The molecule has 124 valence electrons. The third-order valence-corrected chi connectivity index (χ3v) is 4.54. The van der Waals surface area contributed by atoms with Crippen molar-refractivity contribution in [3.05, 3.63) is 53.1 Å². The van der Waals surface area contributed by atoms with Gasteiger partial charge in [0.2, 0.25) is 0 Å². The first kappa shape index (κ1) is 15.0. The van der Waals surface area contributed by atoms with Crippen molar-refractivity contribution in [2.45, 2.75) is 19.5 Å². The summed E-state index contributed by atoms with van der Waals surface area (Å²) in [5.41, 5.74) is 9.88. The van der Waals surface area contributed by atoms with Crippen LogP contribution >= 0.6 is 0 Å². The Morgan fingerprint density at radius 1 is 1.00 bits per heavy atom. The first-order valence-electron chi connectivity index (χ1n) is 8.21. The zero-order chi connectivity index (χ0) is 16.5. The van der Waals surface area contributed by atoms with Crippen LogP contribution in [0.4, 0.5) is 5.69 Å². The van der Waals surface area contributed by atoms with Crippen LogP contribution in [-0.4, -0.2) is 30.4 Å². The number of nitrogens with two attached hydrogens (primary N) is 1. The number of anilines is 1. The molecule has 0 amide bonds. The Kier molecular flexibility index (Phi) is 3.86. The van der Waals surface area contributed by atoms with Crippen LogP contribution in [0.5, 0.6) is 11.5 Å². The van der Waals surface area contributed by atoms with Gasteiger partial charge in [0, 0.05) is 37.3 Å². The molecule has 0 saturated carbocycles. The van der Waals surface area contributed by atoms with Gasteiger partial charge >= 0.3 is 0 Å². The molecule has 0 aromatic heterocycles. The highest BCUT2D eigenvalue weighted by atomic mass is 16.6. The number of ketones is 1. The summed E-state index contributed by atoms with van der Waals surface area (Å²) in [6, 6.07) is 11.5. The molecule has 24 heavy (non-hydrogen) atoms. The second-order valence-electron chi connectivity index (χ2n) is 6.27. The number of fused-ring (bicyclic) bond motifs is 2. The van der Waals surface area contributed by atoms with Crippen LogP contribution < -0.4 is 15.2 Å². The third kappa shape index (κ3) is 2.95. The summed E-state index contributed by atoms with van der Waals surface area (Å²) in [6.45, 7) is 3.56. The van der Waals surface area contributed by atoms with Crippen LogP contribution in [0.15, 0.2) is 36.4 Å². The molecular weight excluding hydrogens is 304 g/mol. The summed E-state index contributed by atoms with van der Waals surface area (Å²) in [7, 11) is 0. The van der Waals surface area contributed by atoms with Crippen molar-refractivity contribution in [2.75, 3.05) is 25.5 Å². The minimum atomic E-state index is 0.127. The Morgan fingerprint density at radius 2 is 1.79 bits per heavy atom. The summed E-state index contributed by atoms with van der Waals surface area (Å²) in [4.78, 5) is 14.7. The number of hydrogen-bond donors (Lipinski definition) is 1. The summed E-state index contributed by atoms with van der Waals surface area (Å²) in [5, 5.41) is 0. The maximum atomic E-state index is 12.5. The molecule has 5 heteroatoms. The van der Waals surface area contributed by atoms with Gasteiger partial charge in [-0.15, -0.1) is 0 Å². The van der Waals surface area contributed by atoms with Crippen molar-refractivity contribution in [3.8, 4) is 11.5 Å². The Balaban J connectivity index is 1.37. The van der Waals surface area contributed by atoms with Crippen molar-refractivity contribution < 1.29 is 14.3 Å². The first-order valence-corrected chi connectivity index (χ1v) is 8.21. The van der Waals surface area contributed by atoms with E-state index in [1.54, 1.807) is 6.07 Å². The Morgan fingerprint density at radius 3 is 2.67 bits per heavy atom. The van der Waals surface area contributed by atoms with E-state index < -0.39 is 0 Å². The lowest BCUT2D eigenvalue weighted by Crippen LogP contribution is -2.20. The molecule has 2 aromatic carbocycles. The highest BCUT2D eigenvalue weighted by Crippen LogP contribution is 2.31. The van der Waals surface area contributed by atoms with Crippen LogP contribution in [0.3, 0.4) is 0 Å². The number of Topliss-reactive ketones (excluding diaryl/α,β-unsaturated/α-hetero) is 1. The zero-order valence-electron chi connectivity index (χ0n) is 13.5. The molecule has 0 bridgehead atoms. The van der Waals surface area contributed by atoms with Crippen molar-refractivity contribution in [2.24, 2.45) is 0 Å². The largest absolute Gasteiger partial charge is 0.486 e. The quantitative estimate of drug-likeness (QED) is 0.692. The average Bonchev–Trinajstić information content (AvgIpc) is 3.01. The van der Waals surface area contributed by atoms with E-state index in [0.717, 1.165) is 25.3 Å². The maximum Gasteiger partial charge on any atom is 0.164 e. The Labute approximate surface area is 141 Å². The fourth-order valence-corrected chi connectivity index (χ4v) is 3.26. The molecule has 0 atom stereocenters. The van der Waals surface area contributed by atoms with Gasteiger partial charge in [-0.3, -0.25) is 9.69 Å². The van der Waals surface area contributed by atoms with Gasteiger partial charge < -0.3 is 15.2 Å². The van der Waals surface area contributed by atoms with Crippen molar-refractivity contribution in [1.82, 2.24) is 4.90 Å². The number of carbonyl (C=O) groups is 1. The van der Waals surface area contributed by atoms with E-state index in [9.17, 15) is 4.79 Å². The lowest BCUT2D eigenvalue weighted by Gasteiger charge is -2.19. The number of rotatable bonds is 4. The summed E-state index contributed by atoms with van der Waals surface area (Å²) < 4.78 is 11.0. The monoisotopic (exact) mass is 324 g/mol. The van der Waals surface area contributed by atoms with E-state index in [-0.39, 0.29) is 5.78 Å². The molecule has 0 saturated heterocycles. The highest BCUT2D eigenvalue weighted by molar-refractivity contribution is 5.96. The van der Waals surface area contributed by atoms with Gasteiger partial charge in [-0.05, 0) is 41.5 Å². The normalized spacial score (nSPS) is 16.0. The molecule has 2 aliphatic heterocycles. The van der Waals surface area contributed by atoms with Gasteiger partial charge in [0.25, 0.3) is 0 Å². The van der Waals surface area contributed by atoms with Gasteiger partial charge in [0.15, 0.2) is 17.3 Å². The summed E-state index contributed by atoms with van der Waals surface area (Å²) in [6.07, 6.45) is 0.489. The molecule has 2 aliphatic rings. The predicted octanol–water partition coefficient (Wildman–Crippen LogP) is 2.63. The molecule has 0 spiro atoms. The molecule has 2 aromatic rings.